The van der Waals surface area contributed by atoms with Crippen LogP contribution < -0.4 is 0 Å². The zero-order valence-electron chi connectivity index (χ0n) is 9.17. The number of hydrogen-bond acceptors (Lipinski definition) is 3. The summed E-state index contributed by atoms with van der Waals surface area (Å²) in [5, 5.41) is 2.06. The van der Waals surface area contributed by atoms with E-state index in [-0.39, 0.29) is 12.1 Å². The Hall–Kier alpha value is -1.61. The highest BCUT2D eigenvalue weighted by molar-refractivity contribution is 7.12. The molecule has 0 saturated carbocycles. The van der Waals surface area contributed by atoms with Crippen LogP contribution in [0.25, 0.3) is 0 Å². The summed E-state index contributed by atoms with van der Waals surface area (Å²) in [6.45, 7) is 0. The first kappa shape index (κ1) is 9.42. The van der Waals surface area contributed by atoms with Crippen LogP contribution >= 0.6 is 11.3 Å². The van der Waals surface area contributed by atoms with Crippen molar-refractivity contribution in [2.75, 3.05) is 0 Å². The van der Waals surface area contributed by atoms with Crippen molar-refractivity contribution in [3.8, 4) is 0 Å². The van der Waals surface area contributed by atoms with Crippen molar-refractivity contribution >= 4 is 17.2 Å². The van der Waals surface area contributed by atoms with Crippen LogP contribution in [0.4, 0.5) is 0 Å². The average Bonchev–Trinajstić information content (AvgIpc) is 3.03. The molecule has 2 aliphatic rings. The minimum Gasteiger partial charge on any atom is -0.471 e. The standard InChI is InChI=1S/C14H11NOS/c1-2-5-10-9(4-1)8-11-13(10)15-14(16-11)12-6-3-7-17-12/h1-7,11,13H,8H2/t11-,13+/m0/s1. The fourth-order valence-corrected chi connectivity index (χ4v) is 3.28. The summed E-state index contributed by atoms with van der Waals surface area (Å²) < 4.78 is 5.97. The third-order valence-electron chi connectivity index (χ3n) is 3.40. The van der Waals surface area contributed by atoms with Gasteiger partial charge in [0, 0.05) is 6.42 Å². The summed E-state index contributed by atoms with van der Waals surface area (Å²) in [6.07, 6.45) is 1.20. The highest BCUT2D eigenvalue weighted by Crippen LogP contribution is 2.40. The van der Waals surface area contributed by atoms with E-state index in [0.717, 1.165) is 17.2 Å². The van der Waals surface area contributed by atoms with E-state index >= 15 is 0 Å². The van der Waals surface area contributed by atoms with E-state index < -0.39 is 0 Å². The Bertz CT molecular complexity index is 588. The second kappa shape index (κ2) is 3.44. The molecule has 1 aromatic heterocycles. The first-order valence-corrected chi connectivity index (χ1v) is 6.66. The van der Waals surface area contributed by atoms with Gasteiger partial charge in [-0.3, -0.25) is 0 Å². The number of nitrogens with zero attached hydrogens (tertiary/aromatic N) is 1. The van der Waals surface area contributed by atoms with Crippen molar-refractivity contribution in [1.29, 1.82) is 0 Å². The number of aliphatic imine (C=N–C) groups is 1. The average molecular weight is 241 g/mol. The molecule has 2 nitrogen and oxygen atoms in total. The minimum absolute atomic E-state index is 0.211. The zero-order valence-corrected chi connectivity index (χ0v) is 9.98. The lowest BCUT2D eigenvalue weighted by Gasteiger charge is -2.07. The van der Waals surface area contributed by atoms with Crippen LogP contribution in [0.2, 0.25) is 0 Å². The number of thiophene rings is 1. The third kappa shape index (κ3) is 1.35. The first-order valence-electron chi connectivity index (χ1n) is 5.78. The predicted molar refractivity (Wildman–Crippen MR) is 68.6 cm³/mol. The van der Waals surface area contributed by atoms with Crippen molar-refractivity contribution in [3.63, 3.8) is 0 Å². The molecule has 4 rings (SSSR count). The Kier molecular flexibility index (Phi) is 1.91. The molecule has 17 heavy (non-hydrogen) atoms. The molecule has 2 aromatic rings. The maximum Gasteiger partial charge on any atom is 0.227 e. The molecule has 0 fully saturated rings. The molecule has 0 radical (unpaired) electrons. The van der Waals surface area contributed by atoms with Crippen LogP contribution in [-0.4, -0.2) is 12.0 Å². The van der Waals surface area contributed by atoms with E-state index in [9.17, 15) is 0 Å². The number of fused-ring (bicyclic) bond motifs is 3. The Morgan fingerprint density at radius 3 is 3.00 bits per heavy atom. The highest BCUT2D eigenvalue weighted by atomic mass is 32.1. The molecule has 0 spiro atoms. The maximum atomic E-state index is 5.97. The summed E-state index contributed by atoms with van der Waals surface area (Å²) in [4.78, 5) is 5.87. The first-order chi connectivity index (χ1) is 8.42. The molecule has 0 saturated heterocycles. The van der Waals surface area contributed by atoms with Gasteiger partial charge in [-0.25, -0.2) is 4.99 Å². The van der Waals surface area contributed by atoms with Crippen LogP contribution in [0.3, 0.4) is 0 Å². The summed E-state index contributed by atoms with van der Waals surface area (Å²) in [6, 6.07) is 12.8. The number of ether oxygens (including phenoxy) is 1. The van der Waals surface area contributed by atoms with Crippen LogP contribution in [0.5, 0.6) is 0 Å². The molecule has 0 unspecified atom stereocenters. The molecule has 0 amide bonds. The summed E-state index contributed by atoms with van der Waals surface area (Å²) >= 11 is 1.68. The Morgan fingerprint density at radius 2 is 2.12 bits per heavy atom. The molecule has 0 bridgehead atoms. The van der Waals surface area contributed by atoms with Gasteiger partial charge in [0.25, 0.3) is 0 Å². The molecule has 84 valence electrons. The van der Waals surface area contributed by atoms with E-state index in [1.807, 2.05) is 6.07 Å². The third-order valence-corrected chi connectivity index (χ3v) is 4.26. The van der Waals surface area contributed by atoms with E-state index in [1.54, 1.807) is 11.3 Å². The fourth-order valence-electron chi connectivity index (χ4n) is 2.62. The molecule has 2 heterocycles. The monoisotopic (exact) mass is 241 g/mol. The molecule has 1 aromatic carbocycles. The molecule has 2 atom stereocenters. The second-order valence-corrected chi connectivity index (χ2v) is 5.36. The van der Waals surface area contributed by atoms with Gasteiger partial charge in [-0.05, 0) is 22.6 Å². The molecule has 1 aliphatic heterocycles. The van der Waals surface area contributed by atoms with Gasteiger partial charge < -0.3 is 4.74 Å². The molecule has 3 heteroatoms. The fraction of sp³-hybridized carbons (Fsp3) is 0.214. The smallest absolute Gasteiger partial charge is 0.227 e. The molecule has 0 N–H and O–H groups in total. The summed E-state index contributed by atoms with van der Waals surface area (Å²) in [5.41, 5.74) is 2.72. The van der Waals surface area contributed by atoms with Crippen molar-refractivity contribution in [1.82, 2.24) is 0 Å². The van der Waals surface area contributed by atoms with Crippen LogP contribution in [-0.2, 0) is 11.2 Å². The van der Waals surface area contributed by atoms with E-state index in [0.29, 0.717) is 0 Å². The van der Waals surface area contributed by atoms with Gasteiger partial charge in [0.05, 0.1) is 4.88 Å². The van der Waals surface area contributed by atoms with Gasteiger partial charge in [0.1, 0.15) is 12.1 Å². The lowest BCUT2D eigenvalue weighted by Crippen LogP contribution is -2.12. The van der Waals surface area contributed by atoms with Crippen molar-refractivity contribution in [2.45, 2.75) is 18.6 Å². The second-order valence-electron chi connectivity index (χ2n) is 4.42. The predicted octanol–water partition coefficient (Wildman–Crippen LogP) is 3.19. The van der Waals surface area contributed by atoms with Gasteiger partial charge in [-0.1, -0.05) is 30.3 Å². The van der Waals surface area contributed by atoms with Gasteiger partial charge in [0.2, 0.25) is 5.90 Å². The lowest BCUT2D eigenvalue weighted by atomic mass is 10.1. The largest absolute Gasteiger partial charge is 0.471 e. The number of rotatable bonds is 1. The van der Waals surface area contributed by atoms with Crippen molar-refractivity contribution < 1.29 is 4.74 Å². The Labute approximate surface area is 104 Å². The van der Waals surface area contributed by atoms with Crippen LogP contribution in [0, 0.1) is 0 Å². The SMILES string of the molecule is c1csc(C2=N[C@@H]3c4ccccc4C[C@@H]3O2)c1. The molecular formula is C14H11NOS. The zero-order chi connectivity index (χ0) is 11.2. The topological polar surface area (TPSA) is 21.6 Å². The minimum atomic E-state index is 0.211. The van der Waals surface area contributed by atoms with E-state index in [1.165, 1.54) is 11.1 Å². The van der Waals surface area contributed by atoms with Crippen molar-refractivity contribution in [3.05, 3.63) is 57.8 Å². The van der Waals surface area contributed by atoms with Crippen LogP contribution in [0.15, 0.2) is 46.8 Å². The Morgan fingerprint density at radius 1 is 1.18 bits per heavy atom. The van der Waals surface area contributed by atoms with E-state index in [2.05, 4.69) is 35.7 Å². The van der Waals surface area contributed by atoms with Crippen molar-refractivity contribution in [2.24, 2.45) is 4.99 Å². The molecule has 1 aliphatic carbocycles. The number of hydrogen-bond donors (Lipinski definition) is 0. The quantitative estimate of drug-likeness (QED) is 0.751. The normalized spacial score (nSPS) is 25.1. The van der Waals surface area contributed by atoms with Gasteiger partial charge >= 0.3 is 0 Å². The maximum absolute atomic E-state index is 5.97. The summed E-state index contributed by atoms with van der Waals surface area (Å²) in [5.74, 6) is 0.824. The number of benzene rings is 1. The van der Waals surface area contributed by atoms with Crippen LogP contribution in [0.1, 0.15) is 22.0 Å². The van der Waals surface area contributed by atoms with E-state index in [4.69, 9.17) is 9.73 Å². The highest BCUT2D eigenvalue weighted by Gasteiger charge is 2.39. The van der Waals surface area contributed by atoms with Gasteiger partial charge in [0.15, 0.2) is 0 Å². The molecular weight excluding hydrogens is 230 g/mol. The van der Waals surface area contributed by atoms with Gasteiger partial charge in [-0.2, -0.15) is 0 Å². The lowest BCUT2D eigenvalue weighted by molar-refractivity contribution is 0.207. The van der Waals surface area contributed by atoms with Gasteiger partial charge in [-0.15, -0.1) is 11.3 Å². The summed E-state index contributed by atoms with van der Waals surface area (Å²) in [7, 11) is 0. The Balaban J connectivity index is 1.75.